The molecule has 0 aliphatic rings. The summed E-state index contributed by atoms with van der Waals surface area (Å²) in [5.74, 6) is -0.312. The lowest BCUT2D eigenvalue weighted by atomic mass is 10.1. The van der Waals surface area contributed by atoms with E-state index in [0.717, 1.165) is 15.9 Å². The van der Waals surface area contributed by atoms with Gasteiger partial charge in [0.1, 0.15) is 12.4 Å². The monoisotopic (exact) mass is 472 g/mol. The first-order valence-electron chi connectivity index (χ1n) is 10.1. The second-order valence-electron chi connectivity index (χ2n) is 7.18. The number of nitrogens with one attached hydrogen (secondary N) is 1. The molecule has 0 spiro atoms. The molecule has 1 N–H and O–H groups in total. The lowest BCUT2D eigenvalue weighted by Crippen LogP contribution is -2.42. The zero-order valence-corrected chi connectivity index (χ0v) is 19.3. The molecule has 0 heterocycles. The number of methoxy groups -OCH3 is 2. The third-order valence-corrected chi connectivity index (χ3v) is 6.80. The number of anilines is 1. The van der Waals surface area contributed by atoms with Gasteiger partial charge in [-0.15, -0.1) is 0 Å². The minimum absolute atomic E-state index is 0.0472. The van der Waals surface area contributed by atoms with Crippen molar-refractivity contribution >= 4 is 21.6 Å². The number of nitrogens with zero attached hydrogens (tertiary/aromatic N) is 1. The molecule has 1 atom stereocenters. The Bertz CT molecular complexity index is 1220. The van der Waals surface area contributed by atoms with Crippen molar-refractivity contribution < 1.29 is 27.1 Å². The van der Waals surface area contributed by atoms with E-state index in [1.54, 1.807) is 43.3 Å². The van der Waals surface area contributed by atoms with E-state index in [1.807, 2.05) is 0 Å². The Morgan fingerprint density at radius 2 is 1.61 bits per heavy atom. The van der Waals surface area contributed by atoms with Crippen molar-refractivity contribution in [2.24, 2.45) is 0 Å². The number of carbonyl (C=O) groups is 1. The van der Waals surface area contributed by atoms with E-state index in [1.165, 1.54) is 44.6 Å². The van der Waals surface area contributed by atoms with E-state index in [2.05, 4.69) is 5.32 Å². The summed E-state index contributed by atoms with van der Waals surface area (Å²) in [6, 6.07) is 17.7. The zero-order valence-electron chi connectivity index (χ0n) is 18.5. The van der Waals surface area contributed by atoms with E-state index in [4.69, 9.17) is 9.47 Å². The Morgan fingerprint density at radius 3 is 2.24 bits per heavy atom. The Labute approximate surface area is 192 Å². The summed E-state index contributed by atoms with van der Waals surface area (Å²) in [7, 11) is -1.17. The number of carbonyl (C=O) groups excluding carboxylic acids is 1. The van der Waals surface area contributed by atoms with Crippen LogP contribution in [0.4, 0.5) is 10.1 Å². The molecule has 0 aliphatic carbocycles. The number of halogens is 1. The van der Waals surface area contributed by atoms with Crippen LogP contribution in [0, 0.1) is 5.82 Å². The van der Waals surface area contributed by atoms with Gasteiger partial charge in [-0.05, 0) is 48.9 Å². The van der Waals surface area contributed by atoms with Crippen molar-refractivity contribution in [3.05, 3.63) is 84.2 Å². The molecule has 0 saturated heterocycles. The summed E-state index contributed by atoms with van der Waals surface area (Å²) in [5, 5.41) is 2.76. The SMILES string of the molecule is COc1ccc([C@H](C)NC(=O)CN(c2ccccc2F)S(=O)(=O)c2ccccc2)cc1OC. The van der Waals surface area contributed by atoms with Gasteiger partial charge in [0.2, 0.25) is 5.91 Å². The number of hydrogen-bond acceptors (Lipinski definition) is 5. The first kappa shape index (κ1) is 24.1. The summed E-state index contributed by atoms with van der Waals surface area (Å²) >= 11 is 0. The lowest BCUT2D eigenvalue weighted by molar-refractivity contribution is -0.120. The summed E-state index contributed by atoms with van der Waals surface area (Å²) in [6.07, 6.45) is 0. The minimum Gasteiger partial charge on any atom is -0.493 e. The summed E-state index contributed by atoms with van der Waals surface area (Å²) in [5.41, 5.74) is 0.514. The van der Waals surface area contributed by atoms with Crippen LogP contribution in [0.15, 0.2) is 77.7 Å². The van der Waals surface area contributed by atoms with Crippen LogP contribution < -0.4 is 19.1 Å². The molecule has 3 aromatic carbocycles. The van der Waals surface area contributed by atoms with E-state index in [9.17, 15) is 17.6 Å². The van der Waals surface area contributed by atoms with Crippen LogP contribution in [0.2, 0.25) is 0 Å². The topological polar surface area (TPSA) is 84.9 Å². The van der Waals surface area contributed by atoms with Crippen LogP contribution in [-0.2, 0) is 14.8 Å². The van der Waals surface area contributed by atoms with Gasteiger partial charge in [0.15, 0.2) is 11.5 Å². The van der Waals surface area contributed by atoms with Crippen LogP contribution >= 0.6 is 0 Å². The van der Waals surface area contributed by atoms with Gasteiger partial charge in [-0.2, -0.15) is 0 Å². The average molecular weight is 473 g/mol. The number of sulfonamides is 1. The van der Waals surface area contributed by atoms with E-state index in [-0.39, 0.29) is 10.6 Å². The third-order valence-electron chi connectivity index (χ3n) is 5.02. The van der Waals surface area contributed by atoms with Gasteiger partial charge in [-0.3, -0.25) is 9.10 Å². The molecule has 0 radical (unpaired) electrons. The standard InChI is InChI=1S/C24H25FN2O5S/c1-17(18-13-14-22(31-2)23(15-18)32-3)26-24(28)16-27(21-12-8-7-11-20(21)25)33(29,30)19-9-5-4-6-10-19/h4-15,17H,16H2,1-3H3,(H,26,28)/t17-/m0/s1. The summed E-state index contributed by atoms with van der Waals surface area (Å²) in [4.78, 5) is 12.8. The molecular weight excluding hydrogens is 447 g/mol. The summed E-state index contributed by atoms with van der Waals surface area (Å²) in [6.45, 7) is 1.15. The molecule has 0 aliphatic heterocycles. The van der Waals surface area contributed by atoms with E-state index >= 15 is 0 Å². The van der Waals surface area contributed by atoms with Gasteiger partial charge in [-0.25, -0.2) is 12.8 Å². The van der Waals surface area contributed by atoms with Crippen LogP contribution in [0.1, 0.15) is 18.5 Å². The maximum atomic E-state index is 14.6. The van der Waals surface area contributed by atoms with Crippen molar-refractivity contribution in [2.45, 2.75) is 17.9 Å². The van der Waals surface area contributed by atoms with Crippen molar-refractivity contribution in [1.82, 2.24) is 5.32 Å². The smallest absolute Gasteiger partial charge is 0.264 e. The highest BCUT2D eigenvalue weighted by Gasteiger charge is 2.29. The molecule has 0 saturated carbocycles. The number of benzene rings is 3. The van der Waals surface area contributed by atoms with Crippen LogP contribution in [0.3, 0.4) is 0 Å². The van der Waals surface area contributed by atoms with Gasteiger partial charge in [0.05, 0.1) is 30.8 Å². The Morgan fingerprint density at radius 1 is 0.970 bits per heavy atom. The number of para-hydroxylation sites is 1. The number of hydrogen-bond donors (Lipinski definition) is 1. The number of rotatable bonds is 9. The first-order valence-corrected chi connectivity index (χ1v) is 11.6. The molecule has 1 amide bonds. The van der Waals surface area contributed by atoms with Crippen molar-refractivity contribution in [3.63, 3.8) is 0 Å². The highest BCUT2D eigenvalue weighted by molar-refractivity contribution is 7.92. The fourth-order valence-corrected chi connectivity index (χ4v) is 4.75. The van der Waals surface area contributed by atoms with Crippen LogP contribution in [-0.4, -0.2) is 35.1 Å². The van der Waals surface area contributed by atoms with E-state index in [0.29, 0.717) is 11.5 Å². The molecule has 3 aromatic rings. The molecule has 174 valence electrons. The third kappa shape index (κ3) is 5.43. The fourth-order valence-electron chi connectivity index (χ4n) is 3.30. The van der Waals surface area contributed by atoms with Crippen molar-refractivity contribution in [3.8, 4) is 11.5 Å². The molecule has 7 nitrogen and oxygen atoms in total. The molecular formula is C24H25FN2O5S. The maximum Gasteiger partial charge on any atom is 0.264 e. The summed E-state index contributed by atoms with van der Waals surface area (Å²) < 4.78 is 52.4. The van der Waals surface area contributed by atoms with Gasteiger partial charge >= 0.3 is 0 Å². The van der Waals surface area contributed by atoms with Crippen molar-refractivity contribution in [1.29, 1.82) is 0 Å². The normalized spacial score (nSPS) is 12.0. The molecule has 0 bridgehead atoms. The molecule has 3 rings (SSSR count). The van der Waals surface area contributed by atoms with Crippen LogP contribution in [0.5, 0.6) is 11.5 Å². The predicted molar refractivity (Wildman–Crippen MR) is 123 cm³/mol. The van der Waals surface area contributed by atoms with Gasteiger partial charge in [0, 0.05) is 0 Å². The molecule has 0 unspecified atom stereocenters. The molecule has 0 fully saturated rings. The molecule has 33 heavy (non-hydrogen) atoms. The highest BCUT2D eigenvalue weighted by Crippen LogP contribution is 2.30. The molecule has 0 aromatic heterocycles. The number of amides is 1. The van der Waals surface area contributed by atoms with E-state index < -0.39 is 34.3 Å². The first-order chi connectivity index (χ1) is 15.8. The quantitative estimate of drug-likeness (QED) is 0.510. The van der Waals surface area contributed by atoms with Gasteiger partial charge < -0.3 is 14.8 Å². The largest absolute Gasteiger partial charge is 0.493 e. The highest BCUT2D eigenvalue weighted by atomic mass is 32.2. The Kier molecular flexibility index (Phi) is 7.55. The average Bonchev–Trinajstić information content (AvgIpc) is 2.83. The second-order valence-corrected chi connectivity index (χ2v) is 9.04. The Balaban J connectivity index is 1.87. The van der Waals surface area contributed by atoms with Crippen LogP contribution in [0.25, 0.3) is 0 Å². The maximum absolute atomic E-state index is 14.6. The fraction of sp³-hybridized carbons (Fsp3) is 0.208. The number of ether oxygens (including phenoxy) is 2. The second kappa shape index (κ2) is 10.4. The zero-order chi connectivity index (χ0) is 24.0. The Hall–Kier alpha value is -3.59. The van der Waals surface area contributed by atoms with Gasteiger partial charge in [0.25, 0.3) is 10.0 Å². The lowest BCUT2D eigenvalue weighted by Gasteiger charge is -2.25. The van der Waals surface area contributed by atoms with Gasteiger partial charge in [-0.1, -0.05) is 36.4 Å². The predicted octanol–water partition coefficient (Wildman–Crippen LogP) is 3.92. The van der Waals surface area contributed by atoms with Crippen molar-refractivity contribution in [2.75, 3.05) is 25.1 Å². The molecule has 9 heteroatoms. The minimum atomic E-state index is -4.20.